The van der Waals surface area contributed by atoms with Crippen molar-refractivity contribution < 1.29 is 8.78 Å². The Labute approximate surface area is 85.3 Å². The van der Waals surface area contributed by atoms with Crippen LogP contribution >= 0.6 is 0 Å². The number of rotatable bonds is 3. The van der Waals surface area contributed by atoms with E-state index >= 15 is 0 Å². The minimum Gasteiger partial charge on any atom is -0.306 e. The Kier molecular flexibility index (Phi) is 4.79. The van der Waals surface area contributed by atoms with Crippen molar-refractivity contribution in [2.24, 2.45) is 5.92 Å². The quantitative estimate of drug-likeness (QED) is 0.698. The average molecular weight is 205 g/mol. The summed E-state index contributed by atoms with van der Waals surface area (Å²) in [6.07, 6.45) is 3.67. The molecule has 1 saturated carbocycles. The summed E-state index contributed by atoms with van der Waals surface area (Å²) in [4.78, 5) is 0. The second-order valence-corrected chi connectivity index (χ2v) is 4.51. The maximum Gasteiger partial charge on any atom is 0.253 e. The van der Waals surface area contributed by atoms with Crippen molar-refractivity contribution in [3.63, 3.8) is 0 Å². The predicted octanol–water partition coefficient (Wildman–Crippen LogP) is 3.20. The van der Waals surface area contributed by atoms with Gasteiger partial charge >= 0.3 is 0 Å². The first-order valence-electron chi connectivity index (χ1n) is 5.65. The number of alkyl halides is 2. The normalized spacial score (nSPS) is 31.5. The Hall–Kier alpha value is -0.180. The Morgan fingerprint density at radius 3 is 2.43 bits per heavy atom. The molecule has 3 atom stereocenters. The van der Waals surface area contributed by atoms with Crippen LogP contribution in [0.2, 0.25) is 0 Å². The van der Waals surface area contributed by atoms with E-state index in [0.29, 0.717) is 12.0 Å². The highest BCUT2D eigenvalue weighted by molar-refractivity contribution is 4.79. The van der Waals surface area contributed by atoms with E-state index < -0.39 is 12.5 Å². The molecule has 0 aliphatic heterocycles. The van der Waals surface area contributed by atoms with E-state index in [1.54, 1.807) is 6.92 Å². The summed E-state index contributed by atoms with van der Waals surface area (Å²) >= 11 is 0. The van der Waals surface area contributed by atoms with E-state index in [9.17, 15) is 8.78 Å². The summed E-state index contributed by atoms with van der Waals surface area (Å²) in [6, 6.07) is -0.373. The largest absolute Gasteiger partial charge is 0.306 e. The lowest BCUT2D eigenvalue weighted by Crippen LogP contribution is -2.43. The fourth-order valence-electron chi connectivity index (χ4n) is 2.15. The molecular formula is C11H21F2N. The molecular weight excluding hydrogens is 184 g/mol. The molecule has 0 heterocycles. The van der Waals surface area contributed by atoms with Crippen molar-refractivity contribution in [2.75, 3.05) is 0 Å². The van der Waals surface area contributed by atoms with Gasteiger partial charge in [-0.15, -0.1) is 0 Å². The van der Waals surface area contributed by atoms with Crippen LogP contribution in [-0.4, -0.2) is 18.5 Å². The van der Waals surface area contributed by atoms with E-state index in [4.69, 9.17) is 0 Å². The van der Waals surface area contributed by atoms with Crippen LogP contribution in [0.25, 0.3) is 0 Å². The Bertz CT molecular complexity index is 161. The van der Waals surface area contributed by atoms with Crippen LogP contribution in [0.3, 0.4) is 0 Å². The summed E-state index contributed by atoms with van der Waals surface area (Å²) in [6.45, 7) is 3.74. The molecule has 0 aromatic carbocycles. The van der Waals surface area contributed by atoms with Gasteiger partial charge in [-0.25, -0.2) is 8.78 Å². The highest BCUT2D eigenvalue weighted by atomic mass is 19.3. The number of hydrogen-bond donors (Lipinski definition) is 1. The van der Waals surface area contributed by atoms with Gasteiger partial charge in [-0.3, -0.25) is 0 Å². The molecule has 1 N–H and O–H groups in total. The molecule has 1 aliphatic rings. The molecule has 1 aliphatic carbocycles. The third-order valence-electron chi connectivity index (χ3n) is 3.22. The molecule has 14 heavy (non-hydrogen) atoms. The van der Waals surface area contributed by atoms with Gasteiger partial charge in [0.15, 0.2) is 0 Å². The Morgan fingerprint density at radius 2 is 1.79 bits per heavy atom. The van der Waals surface area contributed by atoms with Gasteiger partial charge < -0.3 is 5.32 Å². The van der Waals surface area contributed by atoms with Crippen LogP contribution in [0, 0.1) is 5.92 Å². The summed E-state index contributed by atoms with van der Waals surface area (Å²) in [5, 5.41) is 3.06. The van der Waals surface area contributed by atoms with E-state index in [1.807, 2.05) is 0 Å². The first kappa shape index (κ1) is 11.9. The lowest BCUT2D eigenvalue weighted by atomic mass is 9.96. The minimum atomic E-state index is -2.24. The molecule has 1 nitrogen and oxygen atoms in total. The predicted molar refractivity (Wildman–Crippen MR) is 54.6 cm³/mol. The van der Waals surface area contributed by atoms with Gasteiger partial charge in [0.25, 0.3) is 6.43 Å². The SMILES string of the molecule is CC1CCCCCC1NC(C)C(F)F. The molecule has 0 saturated heterocycles. The van der Waals surface area contributed by atoms with E-state index in [-0.39, 0.29) is 0 Å². The molecule has 1 rings (SSSR count). The van der Waals surface area contributed by atoms with Gasteiger partial charge in [0.2, 0.25) is 0 Å². The van der Waals surface area contributed by atoms with Crippen molar-refractivity contribution in [1.29, 1.82) is 0 Å². The fraction of sp³-hybridized carbons (Fsp3) is 1.00. The summed E-state index contributed by atoms with van der Waals surface area (Å²) in [5.74, 6) is 0.540. The number of hydrogen-bond acceptors (Lipinski definition) is 1. The maximum atomic E-state index is 12.3. The molecule has 0 bridgehead atoms. The number of halogens is 2. The molecule has 84 valence electrons. The molecule has 0 aromatic heterocycles. The number of nitrogens with one attached hydrogen (secondary N) is 1. The van der Waals surface area contributed by atoms with Crippen LogP contribution < -0.4 is 5.32 Å². The highest BCUT2D eigenvalue weighted by Gasteiger charge is 2.24. The van der Waals surface area contributed by atoms with Crippen molar-refractivity contribution in [2.45, 2.75) is 64.5 Å². The second-order valence-electron chi connectivity index (χ2n) is 4.51. The highest BCUT2D eigenvalue weighted by Crippen LogP contribution is 2.23. The minimum absolute atomic E-state index is 0.293. The Morgan fingerprint density at radius 1 is 1.14 bits per heavy atom. The van der Waals surface area contributed by atoms with E-state index in [0.717, 1.165) is 6.42 Å². The zero-order chi connectivity index (χ0) is 10.6. The van der Waals surface area contributed by atoms with Crippen molar-refractivity contribution in [3.8, 4) is 0 Å². The van der Waals surface area contributed by atoms with Crippen LogP contribution in [0.1, 0.15) is 46.0 Å². The molecule has 0 amide bonds. The lowest BCUT2D eigenvalue weighted by molar-refractivity contribution is 0.0942. The zero-order valence-electron chi connectivity index (χ0n) is 9.10. The van der Waals surface area contributed by atoms with Crippen LogP contribution in [-0.2, 0) is 0 Å². The third-order valence-corrected chi connectivity index (χ3v) is 3.22. The second kappa shape index (κ2) is 5.64. The van der Waals surface area contributed by atoms with Crippen molar-refractivity contribution >= 4 is 0 Å². The smallest absolute Gasteiger partial charge is 0.253 e. The Balaban J connectivity index is 2.40. The summed E-state index contributed by atoms with van der Waals surface area (Å²) in [7, 11) is 0. The van der Waals surface area contributed by atoms with Gasteiger partial charge in [-0.05, 0) is 25.7 Å². The molecule has 3 heteroatoms. The van der Waals surface area contributed by atoms with E-state index in [1.165, 1.54) is 25.7 Å². The third kappa shape index (κ3) is 3.52. The first-order valence-corrected chi connectivity index (χ1v) is 5.65. The first-order chi connectivity index (χ1) is 6.61. The fourth-order valence-corrected chi connectivity index (χ4v) is 2.15. The van der Waals surface area contributed by atoms with E-state index in [2.05, 4.69) is 12.2 Å². The van der Waals surface area contributed by atoms with Crippen molar-refractivity contribution in [3.05, 3.63) is 0 Å². The molecule has 0 radical (unpaired) electrons. The standard InChI is InChI=1S/C11H21F2N/c1-8-6-4-3-5-7-10(8)14-9(2)11(12)13/h8-11,14H,3-7H2,1-2H3. The van der Waals surface area contributed by atoms with Gasteiger partial charge in [-0.2, -0.15) is 0 Å². The molecule has 0 aromatic rings. The van der Waals surface area contributed by atoms with Gasteiger partial charge in [-0.1, -0.05) is 26.2 Å². The zero-order valence-corrected chi connectivity index (χ0v) is 9.10. The topological polar surface area (TPSA) is 12.0 Å². The van der Waals surface area contributed by atoms with Crippen LogP contribution in [0.5, 0.6) is 0 Å². The van der Waals surface area contributed by atoms with Gasteiger partial charge in [0, 0.05) is 6.04 Å². The molecule has 3 unspecified atom stereocenters. The van der Waals surface area contributed by atoms with Gasteiger partial charge in [0.05, 0.1) is 6.04 Å². The molecule has 0 spiro atoms. The molecule has 1 fully saturated rings. The van der Waals surface area contributed by atoms with Crippen LogP contribution in [0.4, 0.5) is 8.78 Å². The van der Waals surface area contributed by atoms with Crippen LogP contribution in [0.15, 0.2) is 0 Å². The average Bonchev–Trinajstić information content (AvgIpc) is 2.32. The monoisotopic (exact) mass is 205 g/mol. The van der Waals surface area contributed by atoms with Crippen molar-refractivity contribution in [1.82, 2.24) is 5.32 Å². The summed E-state index contributed by atoms with van der Waals surface area (Å²) in [5.41, 5.74) is 0. The summed E-state index contributed by atoms with van der Waals surface area (Å²) < 4.78 is 24.7. The maximum absolute atomic E-state index is 12.3. The lowest BCUT2D eigenvalue weighted by Gasteiger charge is -2.26. The van der Waals surface area contributed by atoms with Gasteiger partial charge in [0.1, 0.15) is 0 Å².